The lowest BCUT2D eigenvalue weighted by Crippen LogP contribution is -2.32. The van der Waals surface area contributed by atoms with Gasteiger partial charge in [0.25, 0.3) is 0 Å². The maximum Gasteiger partial charge on any atom is 0.0558 e. The summed E-state index contributed by atoms with van der Waals surface area (Å²) in [6.45, 7) is 6.01. The molecule has 0 aliphatic carbocycles. The van der Waals surface area contributed by atoms with Crippen LogP contribution >= 0.6 is 0 Å². The Kier molecular flexibility index (Phi) is 21.8. The Labute approximate surface area is 158 Å². The van der Waals surface area contributed by atoms with Crippen molar-refractivity contribution in [3.05, 3.63) is 0 Å². The number of aliphatic hydroxyl groups is 1. The Bertz CT molecular complexity index is 230. The second kappa shape index (κ2) is 21.9. The van der Waals surface area contributed by atoms with Gasteiger partial charge in [-0.25, -0.2) is 0 Å². The summed E-state index contributed by atoms with van der Waals surface area (Å²) in [5, 5.41) is 9.02. The normalized spacial score (nSPS) is 11.5. The fourth-order valence-corrected chi connectivity index (χ4v) is 3.54. The van der Waals surface area contributed by atoms with Crippen molar-refractivity contribution in [2.45, 2.75) is 110 Å². The molecule has 0 aromatic heterocycles. The summed E-state index contributed by atoms with van der Waals surface area (Å²) in [4.78, 5) is 2.28. The van der Waals surface area contributed by atoms with Crippen LogP contribution in [0.5, 0.6) is 0 Å². The minimum atomic E-state index is 0.249. The molecule has 3 heteroatoms. The van der Waals surface area contributed by atoms with Gasteiger partial charge in [-0.3, -0.25) is 4.90 Å². The van der Waals surface area contributed by atoms with Gasteiger partial charge in [-0.05, 0) is 13.0 Å². The average Bonchev–Trinajstić information content (AvgIpc) is 2.61. The molecule has 0 heterocycles. The van der Waals surface area contributed by atoms with Gasteiger partial charge in [0.1, 0.15) is 0 Å². The molecule has 0 aliphatic heterocycles. The lowest BCUT2D eigenvalue weighted by Gasteiger charge is -2.20. The van der Waals surface area contributed by atoms with Crippen molar-refractivity contribution >= 4 is 0 Å². The van der Waals surface area contributed by atoms with Crippen LogP contribution in [0.15, 0.2) is 0 Å². The van der Waals surface area contributed by atoms with E-state index < -0.39 is 0 Å². The molecule has 0 aromatic carbocycles. The molecule has 0 rings (SSSR count). The molecule has 0 amide bonds. The highest BCUT2D eigenvalue weighted by Gasteiger charge is 2.02. The smallest absolute Gasteiger partial charge is 0.0558 e. The van der Waals surface area contributed by atoms with E-state index in [-0.39, 0.29) is 6.61 Å². The second-order valence-electron chi connectivity index (χ2n) is 7.66. The molecule has 3 nitrogen and oxygen atoms in total. The number of rotatable bonds is 21. The zero-order chi connectivity index (χ0) is 18.4. The first-order chi connectivity index (χ1) is 12.3. The first kappa shape index (κ1) is 24.9. The Morgan fingerprint density at radius 1 is 0.560 bits per heavy atom. The first-order valence-electron chi connectivity index (χ1n) is 11.4. The van der Waals surface area contributed by atoms with E-state index >= 15 is 0 Å². The van der Waals surface area contributed by atoms with E-state index in [1.807, 2.05) is 0 Å². The molecule has 0 bridgehead atoms. The standard InChI is InChI=1S/C22H48N2O/c1-2-3-4-5-6-7-8-9-10-11-12-13-14-15-16-17-19-24(20-18-23)21-22-25/h25H,2-23H2,1H3. The average molecular weight is 357 g/mol. The molecule has 0 saturated heterocycles. The van der Waals surface area contributed by atoms with Gasteiger partial charge in [-0.15, -0.1) is 0 Å². The van der Waals surface area contributed by atoms with Gasteiger partial charge in [0.15, 0.2) is 0 Å². The molecular weight excluding hydrogens is 308 g/mol. The Morgan fingerprint density at radius 3 is 1.32 bits per heavy atom. The number of aliphatic hydroxyl groups excluding tert-OH is 1. The minimum Gasteiger partial charge on any atom is -0.395 e. The quantitative estimate of drug-likeness (QED) is 0.267. The maximum atomic E-state index is 9.02. The summed E-state index contributed by atoms with van der Waals surface area (Å²) in [6.07, 6.45) is 22.6. The molecule has 0 saturated carbocycles. The van der Waals surface area contributed by atoms with Crippen molar-refractivity contribution in [1.29, 1.82) is 0 Å². The van der Waals surface area contributed by atoms with Gasteiger partial charge in [0.05, 0.1) is 6.61 Å². The fraction of sp³-hybridized carbons (Fsp3) is 1.00. The molecule has 152 valence electrons. The van der Waals surface area contributed by atoms with Crippen LogP contribution in [0.4, 0.5) is 0 Å². The molecule has 0 aromatic rings. The molecule has 3 N–H and O–H groups in total. The van der Waals surface area contributed by atoms with E-state index in [0.29, 0.717) is 6.54 Å². The van der Waals surface area contributed by atoms with Crippen molar-refractivity contribution in [1.82, 2.24) is 4.90 Å². The zero-order valence-electron chi connectivity index (χ0n) is 17.3. The van der Waals surface area contributed by atoms with Crippen LogP contribution in [0.2, 0.25) is 0 Å². The van der Waals surface area contributed by atoms with E-state index in [4.69, 9.17) is 10.8 Å². The SMILES string of the molecule is CCCCCCCCCCCCCCCCCCN(CCN)CCO. The van der Waals surface area contributed by atoms with Gasteiger partial charge < -0.3 is 10.8 Å². The monoisotopic (exact) mass is 356 g/mol. The maximum absolute atomic E-state index is 9.02. The highest BCUT2D eigenvalue weighted by Crippen LogP contribution is 2.13. The molecule has 0 spiro atoms. The number of hydrogen-bond acceptors (Lipinski definition) is 3. The van der Waals surface area contributed by atoms with Crippen LogP contribution in [0.25, 0.3) is 0 Å². The topological polar surface area (TPSA) is 49.5 Å². The van der Waals surface area contributed by atoms with Crippen molar-refractivity contribution < 1.29 is 5.11 Å². The van der Waals surface area contributed by atoms with E-state index in [1.165, 1.54) is 103 Å². The third-order valence-electron chi connectivity index (χ3n) is 5.19. The summed E-state index contributed by atoms with van der Waals surface area (Å²) in [6, 6.07) is 0. The third kappa shape index (κ3) is 20.0. The van der Waals surface area contributed by atoms with Crippen LogP contribution < -0.4 is 5.73 Å². The molecule has 0 atom stereocenters. The summed E-state index contributed by atoms with van der Waals surface area (Å²) in [7, 11) is 0. The van der Waals surface area contributed by atoms with Crippen molar-refractivity contribution in [2.75, 3.05) is 32.8 Å². The second-order valence-corrected chi connectivity index (χ2v) is 7.66. The van der Waals surface area contributed by atoms with E-state index in [2.05, 4.69) is 11.8 Å². The minimum absolute atomic E-state index is 0.249. The van der Waals surface area contributed by atoms with Crippen LogP contribution in [0.1, 0.15) is 110 Å². The predicted octanol–water partition coefficient (Wildman–Crippen LogP) is 5.50. The van der Waals surface area contributed by atoms with Crippen LogP contribution in [-0.4, -0.2) is 42.8 Å². The largest absolute Gasteiger partial charge is 0.395 e. The van der Waals surface area contributed by atoms with Gasteiger partial charge in [-0.2, -0.15) is 0 Å². The van der Waals surface area contributed by atoms with Crippen molar-refractivity contribution in [3.8, 4) is 0 Å². The number of nitrogens with two attached hydrogens (primary N) is 1. The lowest BCUT2D eigenvalue weighted by molar-refractivity contribution is 0.196. The third-order valence-corrected chi connectivity index (χ3v) is 5.19. The van der Waals surface area contributed by atoms with Crippen LogP contribution in [0, 0.1) is 0 Å². The summed E-state index contributed by atoms with van der Waals surface area (Å²) < 4.78 is 0. The molecule has 0 aliphatic rings. The number of unbranched alkanes of at least 4 members (excludes halogenated alkanes) is 15. The van der Waals surface area contributed by atoms with Gasteiger partial charge in [0.2, 0.25) is 0 Å². The first-order valence-corrected chi connectivity index (χ1v) is 11.4. The lowest BCUT2D eigenvalue weighted by atomic mass is 10.0. The Balaban J connectivity index is 3.13. The van der Waals surface area contributed by atoms with Gasteiger partial charge in [-0.1, -0.05) is 103 Å². The van der Waals surface area contributed by atoms with E-state index in [1.54, 1.807) is 0 Å². The highest BCUT2D eigenvalue weighted by molar-refractivity contribution is 4.58. The molecule has 25 heavy (non-hydrogen) atoms. The molecule has 0 fully saturated rings. The summed E-state index contributed by atoms with van der Waals surface area (Å²) in [5.74, 6) is 0. The van der Waals surface area contributed by atoms with Crippen LogP contribution in [0.3, 0.4) is 0 Å². The Hall–Kier alpha value is -0.120. The molecular formula is C22H48N2O. The Morgan fingerprint density at radius 2 is 0.960 bits per heavy atom. The fourth-order valence-electron chi connectivity index (χ4n) is 3.54. The highest BCUT2D eigenvalue weighted by atomic mass is 16.3. The van der Waals surface area contributed by atoms with E-state index in [0.717, 1.165) is 19.6 Å². The van der Waals surface area contributed by atoms with Crippen molar-refractivity contribution in [2.24, 2.45) is 5.73 Å². The number of nitrogens with zero attached hydrogens (tertiary/aromatic N) is 1. The summed E-state index contributed by atoms with van der Waals surface area (Å²) in [5.41, 5.74) is 5.60. The van der Waals surface area contributed by atoms with Gasteiger partial charge in [0, 0.05) is 19.6 Å². The molecule has 0 radical (unpaired) electrons. The van der Waals surface area contributed by atoms with Gasteiger partial charge >= 0.3 is 0 Å². The molecule has 0 unspecified atom stereocenters. The van der Waals surface area contributed by atoms with Crippen molar-refractivity contribution in [3.63, 3.8) is 0 Å². The van der Waals surface area contributed by atoms with E-state index in [9.17, 15) is 0 Å². The number of hydrogen-bond donors (Lipinski definition) is 2. The summed E-state index contributed by atoms with van der Waals surface area (Å²) >= 11 is 0. The zero-order valence-corrected chi connectivity index (χ0v) is 17.3. The van der Waals surface area contributed by atoms with Crippen LogP contribution in [-0.2, 0) is 0 Å². The predicted molar refractivity (Wildman–Crippen MR) is 112 cm³/mol.